The van der Waals surface area contributed by atoms with E-state index in [-0.39, 0.29) is 23.8 Å². The first-order chi connectivity index (χ1) is 10.1. The van der Waals surface area contributed by atoms with Crippen LogP contribution in [-0.4, -0.2) is 17.9 Å². The SMILES string of the molecule is C[C@H]1C[C@H](C(N)=O)c2ccccc2N1C(=O)c1ccsc1. The second-order valence-corrected chi connectivity index (χ2v) is 6.07. The zero-order chi connectivity index (χ0) is 15.0. The van der Waals surface area contributed by atoms with Crippen molar-refractivity contribution < 1.29 is 9.59 Å². The molecule has 0 radical (unpaired) electrons. The number of primary amides is 1. The van der Waals surface area contributed by atoms with Crippen molar-refractivity contribution in [3.8, 4) is 0 Å². The predicted octanol–water partition coefficient (Wildman–Crippen LogP) is 2.76. The smallest absolute Gasteiger partial charge is 0.259 e. The van der Waals surface area contributed by atoms with Gasteiger partial charge in [0.25, 0.3) is 5.91 Å². The summed E-state index contributed by atoms with van der Waals surface area (Å²) in [6.45, 7) is 1.95. The molecule has 0 aliphatic carbocycles. The van der Waals surface area contributed by atoms with Gasteiger partial charge in [0.2, 0.25) is 5.91 Å². The van der Waals surface area contributed by atoms with Gasteiger partial charge < -0.3 is 10.6 Å². The molecular weight excluding hydrogens is 284 g/mol. The first-order valence-electron chi connectivity index (χ1n) is 6.83. The third-order valence-corrected chi connectivity index (χ3v) is 4.60. The number of para-hydroxylation sites is 1. The largest absolute Gasteiger partial charge is 0.369 e. The number of benzene rings is 1. The van der Waals surface area contributed by atoms with E-state index in [1.807, 2.05) is 48.0 Å². The van der Waals surface area contributed by atoms with Crippen LogP contribution in [-0.2, 0) is 4.79 Å². The molecule has 1 aromatic heterocycles. The average molecular weight is 300 g/mol. The quantitative estimate of drug-likeness (QED) is 0.927. The van der Waals surface area contributed by atoms with Gasteiger partial charge in [0.05, 0.1) is 11.5 Å². The second-order valence-electron chi connectivity index (χ2n) is 5.29. The summed E-state index contributed by atoms with van der Waals surface area (Å²) >= 11 is 1.50. The third kappa shape index (κ3) is 2.34. The highest BCUT2D eigenvalue weighted by Crippen LogP contribution is 2.39. The fourth-order valence-electron chi connectivity index (χ4n) is 2.92. The standard InChI is InChI=1S/C16H16N2O2S/c1-10-8-13(15(17)19)12-4-2-3-5-14(12)18(10)16(20)11-6-7-21-9-11/h2-7,9-10,13H,8H2,1H3,(H2,17,19)/t10-,13-/m0/s1. The summed E-state index contributed by atoms with van der Waals surface area (Å²) in [5.41, 5.74) is 7.83. The maximum Gasteiger partial charge on any atom is 0.259 e. The van der Waals surface area contributed by atoms with Crippen molar-refractivity contribution in [1.82, 2.24) is 0 Å². The van der Waals surface area contributed by atoms with E-state index >= 15 is 0 Å². The molecule has 0 saturated heterocycles. The zero-order valence-electron chi connectivity index (χ0n) is 11.7. The van der Waals surface area contributed by atoms with Crippen molar-refractivity contribution in [2.24, 2.45) is 5.73 Å². The number of hydrogen-bond donors (Lipinski definition) is 1. The third-order valence-electron chi connectivity index (χ3n) is 3.92. The molecule has 1 aliphatic heterocycles. The lowest BCUT2D eigenvalue weighted by Crippen LogP contribution is -2.45. The summed E-state index contributed by atoms with van der Waals surface area (Å²) in [4.78, 5) is 26.2. The first-order valence-corrected chi connectivity index (χ1v) is 7.78. The highest BCUT2D eigenvalue weighted by Gasteiger charge is 2.36. The number of carbonyl (C=O) groups excluding carboxylic acids is 2. The average Bonchev–Trinajstić information content (AvgIpc) is 3.00. The van der Waals surface area contributed by atoms with Crippen LogP contribution in [0.3, 0.4) is 0 Å². The normalized spacial score (nSPS) is 20.9. The molecule has 2 heterocycles. The minimum Gasteiger partial charge on any atom is -0.369 e. The molecular formula is C16H16N2O2S. The number of carbonyl (C=O) groups is 2. The van der Waals surface area contributed by atoms with Gasteiger partial charge in [-0.15, -0.1) is 0 Å². The molecule has 2 N–H and O–H groups in total. The van der Waals surface area contributed by atoms with Gasteiger partial charge >= 0.3 is 0 Å². The van der Waals surface area contributed by atoms with E-state index in [4.69, 9.17) is 5.73 Å². The molecule has 2 atom stereocenters. The van der Waals surface area contributed by atoms with Crippen molar-refractivity contribution in [2.75, 3.05) is 4.90 Å². The van der Waals surface area contributed by atoms with Crippen LogP contribution in [0.25, 0.3) is 0 Å². The molecule has 21 heavy (non-hydrogen) atoms. The van der Waals surface area contributed by atoms with E-state index in [2.05, 4.69) is 0 Å². The van der Waals surface area contributed by atoms with E-state index in [0.29, 0.717) is 12.0 Å². The minimum atomic E-state index is -0.336. The van der Waals surface area contributed by atoms with Gasteiger partial charge in [-0.2, -0.15) is 11.3 Å². The fraction of sp³-hybridized carbons (Fsp3) is 0.250. The van der Waals surface area contributed by atoms with Crippen molar-refractivity contribution in [1.29, 1.82) is 0 Å². The van der Waals surface area contributed by atoms with Crippen LogP contribution >= 0.6 is 11.3 Å². The summed E-state index contributed by atoms with van der Waals surface area (Å²) in [6, 6.07) is 9.27. The van der Waals surface area contributed by atoms with Crippen molar-refractivity contribution in [3.05, 3.63) is 52.2 Å². The van der Waals surface area contributed by atoms with E-state index in [1.165, 1.54) is 11.3 Å². The van der Waals surface area contributed by atoms with E-state index < -0.39 is 0 Å². The van der Waals surface area contributed by atoms with Crippen LogP contribution in [0, 0.1) is 0 Å². The zero-order valence-corrected chi connectivity index (χ0v) is 12.5. The van der Waals surface area contributed by atoms with Gasteiger partial charge in [-0.25, -0.2) is 0 Å². The number of amides is 2. The Morgan fingerprint density at radius 2 is 2.05 bits per heavy atom. The summed E-state index contributed by atoms with van der Waals surface area (Å²) in [5, 5.41) is 3.73. The Labute approximate surface area is 127 Å². The number of nitrogens with zero attached hydrogens (tertiary/aromatic N) is 1. The van der Waals surface area contributed by atoms with E-state index in [1.54, 1.807) is 4.90 Å². The van der Waals surface area contributed by atoms with Gasteiger partial charge in [-0.1, -0.05) is 18.2 Å². The molecule has 2 amide bonds. The highest BCUT2D eigenvalue weighted by atomic mass is 32.1. The molecule has 0 spiro atoms. The predicted molar refractivity (Wildman–Crippen MR) is 83.6 cm³/mol. The van der Waals surface area contributed by atoms with Gasteiger partial charge in [0.1, 0.15) is 0 Å². The number of fused-ring (bicyclic) bond motifs is 1. The van der Waals surface area contributed by atoms with E-state index in [0.717, 1.165) is 11.3 Å². The van der Waals surface area contributed by atoms with Crippen LogP contribution in [0.5, 0.6) is 0 Å². The molecule has 108 valence electrons. The van der Waals surface area contributed by atoms with Crippen molar-refractivity contribution in [3.63, 3.8) is 0 Å². The van der Waals surface area contributed by atoms with Gasteiger partial charge in [-0.05, 0) is 36.4 Å². The molecule has 2 aromatic rings. The lowest BCUT2D eigenvalue weighted by atomic mass is 9.85. The molecule has 0 bridgehead atoms. The topological polar surface area (TPSA) is 63.4 Å². The monoisotopic (exact) mass is 300 g/mol. The van der Waals surface area contributed by atoms with Crippen LogP contribution in [0.15, 0.2) is 41.1 Å². The second kappa shape index (κ2) is 5.33. The molecule has 3 rings (SSSR count). The maximum atomic E-state index is 12.7. The Kier molecular flexibility index (Phi) is 3.51. The molecule has 4 nitrogen and oxygen atoms in total. The Morgan fingerprint density at radius 3 is 2.71 bits per heavy atom. The lowest BCUT2D eigenvalue weighted by molar-refractivity contribution is -0.119. The minimum absolute atomic E-state index is 0.0286. The number of thiophene rings is 1. The maximum absolute atomic E-state index is 12.7. The molecule has 1 aromatic carbocycles. The Hall–Kier alpha value is -2.14. The summed E-state index contributed by atoms with van der Waals surface area (Å²) in [7, 11) is 0. The van der Waals surface area contributed by atoms with Crippen molar-refractivity contribution in [2.45, 2.75) is 25.3 Å². The Morgan fingerprint density at radius 1 is 1.29 bits per heavy atom. The van der Waals surface area contributed by atoms with Crippen LogP contribution in [0.2, 0.25) is 0 Å². The molecule has 1 aliphatic rings. The summed E-state index contributed by atoms with van der Waals surface area (Å²) in [5.74, 6) is -0.696. The fourth-order valence-corrected chi connectivity index (χ4v) is 3.55. The molecule has 5 heteroatoms. The van der Waals surface area contributed by atoms with Crippen LogP contribution in [0.1, 0.15) is 35.2 Å². The van der Waals surface area contributed by atoms with Gasteiger partial charge in [-0.3, -0.25) is 9.59 Å². The van der Waals surface area contributed by atoms with E-state index in [9.17, 15) is 9.59 Å². The number of hydrogen-bond acceptors (Lipinski definition) is 3. The molecule has 0 unspecified atom stereocenters. The van der Waals surface area contributed by atoms with Crippen LogP contribution < -0.4 is 10.6 Å². The Balaban J connectivity index is 2.07. The van der Waals surface area contributed by atoms with Crippen LogP contribution in [0.4, 0.5) is 5.69 Å². The van der Waals surface area contributed by atoms with Gasteiger partial charge in [0, 0.05) is 17.1 Å². The number of nitrogens with two attached hydrogens (primary N) is 1. The summed E-state index contributed by atoms with van der Waals surface area (Å²) < 4.78 is 0. The molecule has 0 fully saturated rings. The van der Waals surface area contributed by atoms with Crippen molar-refractivity contribution >= 4 is 28.8 Å². The first kappa shape index (κ1) is 13.8. The Bertz CT molecular complexity index is 681. The van der Waals surface area contributed by atoms with Gasteiger partial charge in [0.15, 0.2) is 0 Å². The number of rotatable bonds is 2. The lowest BCUT2D eigenvalue weighted by Gasteiger charge is -2.38. The highest BCUT2D eigenvalue weighted by molar-refractivity contribution is 7.08. The molecule has 0 saturated carbocycles. The summed E-state index contributed by atoms with van der Waals surface area (Å²) in [6.07, 6.45) is 0.558. The number of anilines is 1.